The van der Waals surface area contributed by atoms with Crippen molar-refractivity contribution in [2.24, 2.45) is 0 Å². The fourth-order valence-corrected chi connectivity index (χ4v) is 4.49. The van der Waals surface area contributed by atoms with Crippen LogP contribution in [0, 0.1) is 6.92 Å². The molecule has 0 saturated carbocycles. The average molecular weight is 495 g/mol. The number of rotatable bonds is 6. The zero-order valence-corrected chi connectivity index (χ0v) is 20.2. The molecule has 1 N–H and O–H groups in total. The third-order valence-corrected chi connectivity index (χ3v) is 6.06. The Morgan fingerprint density at radius 3 is 2.28 bits per heavy atom. The van der Waals surface area contributed by atoms with Gasteiger partial charge in [-0.2, -0.15) is 0 Å². The van der Waals surface area contributed by atoms with Gasteiger partial charge in [-0.25, -0.2) is 4.79 Å². The van der Waals surface area contributed by atoms with Crippen LogP contribution in [-0.2, 0) is 4.79 Å². The molecule has 10 heteroatoms. The summed E-state index contributed by atoms with van der Waals surface area (Å²) in [5, 5.41) is 2.86. The maximum atomic E-state index is 13.5. The number of methoxy groups -OCH3 is 3. The van der Waals surface area contributed by atoms with E-state index < -0.39 is 23.6 Å². The molecule has 0 radical (unpaired) electrons. The monoisotopic (exact) mass is 495 g/mol. The third-order valence-electron chi connectivity index (χ3n) is 6.06. The zero-order chi connectivity index (χ0) is 25.4. The molecule has 2 aliphatic heterocycles. The molecule has 1 aromatic heterocycles. The summed E-state index contributed by atoms with van der Waals surface area (Å²) in [6, 6.07) is 10.1. The Bertz CT molecular complexity index is 1360. The molecule has 3 heterocycles. The van der Waals surface area contributed by atoms with Crippen molar-refractivity contribution in [2.75, 3.05) is 39.9 Å². The van der Waals surface area contributed by atoms with Crippen molar-refractivity contribution in [3.8, 4) is 34.5 Å². The molecule has 1 amide bonds. The number of anilines is 1. The van der Waals surface area contributed by atoms with Crippen molar-refractivity contribution < 1.29 is 37.6 Å². The highest BCUT2D eigenvalue weighted by atomic mass is 16.6. The second-order valence-corrected chi connectivity index (χ2v) is 8.24. The molecule has 188 valence electrons. The maximum Gasteiger partial charge on any atom is 0.343 e. The van der Waals surface area contributed by atoms with Gasteiger partial charge in [-0.1, -0.05) is 0 Å². The lowest BCUT2D eigenvalue weighted by Gasteiger charge is -2.22. The molecule has 2 aliphatic rings. The molecule has 0 fully saturated rings. The van der Waals surface area contributed by atoms with Crippen LogP contribution in [0.3, 0.4) is 0 Å². The third kappa shape index (κ3) is 4.04. The minimum atomic E-state index is -1.08. The van der Waals surface area contributed by atoms with E-state index in [0.717, 1.165) is 0 Å². The van der Waals surface area contributed by atoms with Gasteiger partial charge in [0.05, 0.1) is 32.8 Å². The van der Waals surface area contributed by atoms with Crippen molar-refractivity contribution >= 4 is 11.6 Å². The predicted molar refractivity (Wildman–Crippen MR) is 128 cm³/mol. The number of hydrogen-bond donors (Lipinski definition) is 1. The zero-order valence-electron chi connectivity index (χ0n) is 20.2. The largest absolute Gasteiger partial charge is 0.493 e. The van der Waals surface area contributed by atoms with Crippen LogP contribution in [0.4, 0.5) is 5.69 Å². The van der Waals surface area contributed by atoms with E-state index >= 15 is 0 Å². The number of aryl methyl sites for hydroxylation is 1. The normalized spacial score (nSPS) is 17.6. The van der Waals surface area contributed by atoms with Crippen LogP contribution >= 0.6 is 0 Å². The van der Waals surface area contributed by atoms with Gasteiger partial charge in [-0.15, -0.1) is 0 Å². The van der Waals surface area contributed by atoms with Gasteiger partial charge >= 0.3 is 5.63 Å². The smallest absolute Gasteiger partial charge is 0.343 e. The summed E-state index contributed by atoms with van der Waals surface area (Å²) in [5.41, 5.74) is 0.702. The Labute approximate surface area is 206 Å². The maximum absolute atomic E-state index is 13.5. The Morgan fingerprint density at radius 1 is 0.917 bits per heavy atom. The molecule has 2 atom stereocenters. The van der Waals surface area contributed by atoms with E-state index in [9.17, 15) is 9.59 Å². The average Bonchev–Trinajstić information content (AvgIpc) is 3.27. The highest BCUT2D eigenvalue weighted by Gasteiger charge is 2.44. The van der Waals surface area contributed by atoms with Crippen LogP contribution in [0.15, 0.2) is 45.6 Å². The SMILES string of the molecule is COc1cc([C@@H]2c3c(cc(C)oc3=O)O[C@H]2C(=O)Nc2ccc3c(c2)OCCO3)cc(OC)c1OC. The van der Waals surface area contributed by atoms with Crippen molar-refractivity contribution in [3.63, 3.8) is 0 Å². The highest BCUT2D eigenvalue weighted by molar-refractivity contribution is 5.96. The first-order chi connectivity index (χ1) is 17.4. The van der Waals surface area contributed by atoms with Gasteiger partial charge in [-0.05, 0) is 36.8 Å². The lowest BCUT2D eigenvalue weighted by atomic mass is 9.88. The summed E-state index contributed by atoms with van der Waals surface area (Å²) >= 11 is 0. The first-order valence-corrected chi connectivity index (χ1v) is 11.2. The van der Waals surface area contributed by atoms with Gasteiger partial charge in [0.25, 0.3) is 5.91 Å². The number of hydrogen-bond acceptors (Lipinski definition) is 9. The molecule has 0 aliphatic carbocycles. The van der Waals surface area contributed by atoms with Crippen molar-refractivity contribution in [2.45, 2.75) is 18.9 Å². The fraction of sp³-hybridized carbons (Fsp3) is 0.308. The van der Waals surface area contributed by atoms with Crippen molar-refractivity contribution in [1.82, 2.24) is 0 Å². The second kappa shape index (κ2) is 9.37. The lowest BCUT2D eigenvalue weighted by molar-refractivity contribution is -0.122. The summed E-state index contributed by atoms with van der Waals surface area (Å²) in [7, 11) is 4.48. The summed E-state index contributed by atoms with van der Waals surface area (Å²) in [6.07, 6.45) is -1.08. The number of nitrogens with one attached hydrogen (secondary N) is 1. The summed E-state index contributed by atoms with van der Waals surface area (Å²) in [5.74, 6) is 1.67. The van der Waals surface area contributed by atoms with E-state index in [4.69, 9.17) is 32.8 Å². The van der Waals surface area contributed by atoms with Crippen molar-refractivity contribution in [1.29, 1.82) is 0 Å². The fourth-order valence-electron chi connectivity index (χ4n) is 4.49. The van der Waals surface area contributed by atoms with Crippen molar-refractivity contribution in [3.05, 3.63) is 63.7 Å². The van der Waals surface area contributed by atoms with E-state index in [-0.39, 0.29) is 11.3 Å². The van der Waals surface area contributed by atoms with E-state index in [1.54, 1.807) is 43.3 Å². The van der Waals surface area contributed by atoms with Crippen LogP contribution in [-0.4, -0.2) is 46.6 Å². The van der Waals surface area contributed by atoms with E-state index in [1.807, 2.05) is 0 Å². The molecule has 0 spiro atoms. The summed E-state index contributed by atoms with van der Waals surface area (Å²) < 4.78 is 39.0. The lowest BCUT2D eigenvalue weighted by Crippen LogP contribution is -2.35. The van der Waals surface area contributed by atoms with Gasteiger partial charge in [0, 0.05) is 17.8 Å². The Hall–Kier alpha value is -4.34. The van der Waals surface area contributed by atoms with Gasteiger partial charge in [0.1, 0.15) is 24.7 Å². The van der Waals surface area contributed by atoms with Crippen LogP contribution in [0.1, 0.15) is 22.8 Å². The van der Waals surface area contributed by atoms with Gasteiger partial charge in [-0.3, -0.25) is 4.79 Å². The molecule has 0 saturated heterocycles. The molecule has 10 nitrogen and oxygen atoms in total. The number of amides is 1. The predicted octanol–water partition coefficient (Wildman–Crippen LogP) is 3.28. The molecule has 0 bridgehead atoms. The Kier molecular flexibility index (Phi) is 6.09. The number of carbonyl (C=O) groups is 1. The molecular formula is C26H25NO9. The first kappa shape index (κ1) is 23.4. The number of ether oxygens (including phenoxy) is 6. The van der Waals surface area contributed by atoms with E-state index in [0.29, 0.717) is 59.0 Å². The molecule has 2 aromatic carbocycles. The quantitative estimate of drug-likeness (QED) is 0.550. The van der Waals surface area contributed by atoms with Crippen LogP contribution in [0.2, 0.25) is 0 Å². The van der Waals surface area contributed by atoms with Gasteiger partial charge in [0.2, 0.25) is 5.75 Å². The molecule has 0 unspecified atom stereocenters. The molecule has 36 heavy (non-hydrogen) atoms. The summed E-state index contributed by atoms with van der Waals surface area (Å²) in [4.78, 5) is 26.5. The Balaban J connectivity index is 1.56. The minimum Gasteiger partial charge on any atom is -0.493 e. The second-order valence-electron chi connectivity index (χ2n) is 8.24. The number of benzene rings is 2. The standard InChI is InChI=1S/C26H25NO9/c1-13-9-18-22(26(29)35-13)21(14-10-19(30-2)23(32-4)20(11-14)31-3)24(36-18)25(28)27-15-5-6-16-17(12-15)34-8-7-33-16/h5-6,9-12,21,24H,7-8H2,1-4H3,(H,27,28)/t21-,24-/m1/s1. The van der Waals surface area contributed by atoms with Gasteiger partial charge < -0.3 is 38.2 Å². The van der Waals surface area contributed by atoms with Crippen LogP contribution < -0.4 is 39.4 Å². The van der Waals surface area contributed by atoms with E-state index in [1.165, 1.54) is 21.3 Å². The molecule has 5 rings (SSSR count). The first-order valence-electron chi connectivity index (χ1n) is 11.2. The Morgan fingerprint density at radius 2 is 1.61 bits per heavy atom. The number of carbonyl (C=O) groups excluding carboxylic acids is 1. The highest BCUT2D eigenvalue weighted by Crippen LogP contribution is 2.46. The minimum absolute atomic E-state index is 0.234. The molecular weight excluding hydrogens is 470 g/mol. The molecule has 3 aromatic rings. The van der Waals surface area contributed by atoms with E-state index in [2.05, 4.69) is 5.32 Å². The van der Waals surface area contributed by atoms with Crippen LogP contribution in [0.5, 0.6) is 34.5 Å². The van der Waals surface area contributed by atoms with Crippen LogP contribution in [0.25, 0.3) is 0 Å². The van der Waals surface area contributed by atoms with Gasteiger partial charge in [0.15, 0.2) is 29.1 Å². The summed E-state index contributed by atoms with van der Waals surface area (Å²) in [6.45, 7) is 2.52. The number of fused-ring (bicyclic) bond motifs is 2. The topological polar surface area (TPSA) is 115 Å².